The van der Waals surface area contributed by atoms with Crippen molar-refractivity contribution in [1.82, 2.24) is 0 Å². The van der Waals surface area contributed by atoms with Gasteiger partial charge in [-0.15, -0.1) is 0 Å². The van der Waals surface area contributed by atoms with E-state index in [4.69, 9.17) is 69.6 Å². The minimum Gasteiger partial charge on any atom is -0.0843 e. The Bertz CT molecular complexity index is 574. The van der Waals surface area contributed by atoms with Gasteiger partial charge in [0.05, 0.1) is 25.1 Å². The van der Waals surface area contributed by atoms with Gasteiger partial charge in [0.15, 0.2) is 0 Å². The summed E-state index contributed by atoms with van der Waals surface area (Å²) in [5, 5.41) is 1.63. The van der Waals surface area contributed by atoms with Gasteiger partial charge in [0.2, 0.25) is 0 Å². The number of benzene rings is 2. The largest absolute Gasteiger partial charge is 0.0843 e. The third kappa shape index (κ3) is 2.56. The second-order valence-corrected chi connectivity index (χ2v) is 5.78. The highest BCUT2D eigenvalue weighted by molar-refractivity contribution is 6.56. The Morgan fingerprint density at radius 3 is 1.33 bits per heavy atom. The fourth-order valence-electron chi connectivity index (χ4n) is 1.47. The van der Waals surface area contributed by atoms with Crippen LogP contribution in [-0.2, 0) is 0 Å². The van der Waals surface area contributed by atoms with E-state index in [1.807, 2.05) is 0 Å². The maximum Gasteiger partial charge on any atom is 0.0809 e. The lowest BCUT2D eigenvalue weighted by molar-refractivity contribution is 1.61. The molecule has 0 unspecified atom stereocenters. The van der Waals surface area contributed by atoms with Crippen LogP contribution in [-0.4, -0.2) is 0 Å². The van der Waals surface area contributed by atoms with E-state index >= 15 is 0 Å². The lowest BCUT2D eigenvalue weighted by Crippen LogP contribution is -1.86. The Morgan fingerprint density at radius 2 is 0.889 bits per heavy atom. The predicted molar refractivity (Wildman–Crippen MR) is 81.9 cm³/mol. The van der Waals surface area contributed by atoms with Crippen LogP contribution < -0.4 is 0 Å². The first-order valence-electron chi connectivity index (χ1n) is 4.71. The summed E-state index contributed by atoms with van der Waals surface area (Å²) < 4.78 is 0. The summed E-state index contributed by atoms with van der Waals surface area (Å²) >= 11 is 36.1. The van der Waals surface area contributed by atoms with Crippen molar-refractivity contribution in [3.05, 3.63) is 54.4 Å². The van der Waals surface area contributed by atoms with Crippen LogP contribution in [0.25, 0.3) is 11.1 Å². The van der Waals surface area contributed by atoms with Gasteiger partial charge >= 0.3 is 0 Å². The van der Waals surface area contributed by atoms with E-state index in [-0.39, 0.29) is 25.1 Å². The third-order valence-electron chi connectivity index (χ3n) is 2.34. The minimum absolute atomic E-state index is 0.144. The third-order valence-corrected chi connectivity index (χ3v) is 4.87. The lowest BCUT2D eigenvalue weighted by Gasteiger charge is -2.12. The van der Waals surface area contributed by atoms with Crippen LogP contribution in [0.15, 0.2) is 24.3 Å². The van der Waals surface area contributed by atoms with Gasteiger partial charge in [-0.05, 0) is 17.7 Å². The molecular formula is C12H4Cl6. The highest BCUT2D eigenvalue weighted by atomic mass is 35.5. The molecule has 2 rings (SSSR count). The summed E-state index contributed by atoms with van der Waals surface area (Å²) in [6.45, 7) is 0. The molecule has 0 aliphatic rings. The summed E-state index contributed by atoms with van der Waals surface area (Å²) in [5.41, 5.74) is 1.30. The molecule has 94 valence electrons. The first-order valence-corrected chi connectivity index (χ1v) is 6.97. The molecule has 0 spiro atoms. The van der Waals surface area contributed by atoms with E-state index in [0.717, 1.165) is 5.56 Å². The summed E-state index contributed by atoms with van der Waals surface area (Å²) in [6.07, 6.45) is 0. The normalized spacial score (nSPS) is 10.8. The van der Waals surface area contributed by atoms with Gasteiger partial charge in [0.1, 0.15) is 0 Å². The topological polar surface area (TPSA) is 0 Å². The Hall–Kier alpha value is 0.180. The molecule has 0 atom stereocenters. The molecule has 18 heavy (non-hydrogen) atoms. The Kier molecular flexibility index (Phi) is 4.59. The van der Waals surface area contributed by atoms with Crippen LogP contribution in [0.2, 0.25) is 30.1 Å². The zero-order valence-corrected chi connectivity index (χ0v) is 13.1. The molecule has 0 N–H and O–H groups in total. The molecule has 6 heteroatoms. The fraction of sp³-hybridized carbons (Fsp3) is 0. The zero-order valence-electron chi connectivity index (χ0n) is 8.58. The van der Waals surface area contributed by atoms with Gasteiger partial charge in [0, 0.05) is 10.6 Å². The molecule has 0 bridgehead atoms. The standard InChI is InChI=1S/C12H4Cl6/c13-6-3-1-5(2-4-6)7-8(14)10(16)12(18)11(17)9(7)15/h1-4H. The van der Waals surface area contributed by atoms with Crippen molar-refractivity contribution in [2.24, 2.45) is 0 Å². The Morgan fingerprint density at radius 1 is 0.500 bits per heavy atom. The van der Waals surface area contributed by atoms with Crippen LogP contribution in [0.3, 0.4) is 0 Å². The maximum atomic E-state index is 6.16. The van der Waals surface area contributed by atoms with Crippen molar-refractivity contribution in [3.8, 4) is 11.1 Å². The number of rotatable bonds is 1. The second kappa shape index (κ2) is 5.66. The average Bonchev–Trinajstić information content (AvgIpc) is 2.36. The van der Waals surface area contributed by atoms with E-state index in [1.54, 1.807) is 24.3 Å². The highest BCUT2D eigenvalue weighted by Gasteiger charge is 2.20. The van der Waals surface area contributed by atoms with Crippen LogP contribution in [0.5, 0.6) is 0 Å². The highest BCUT2D eigenvalue weighted by Crippen LogP contribution is 2.48. The van der Waals surface area contributed by atoms with E-state index in [1.165, 1.54) is 0 Å². The molecule has 2 aromatic carbocycles. The quantitative estimate of drug-likeness (QED) is 0.370. The molecule has 0 nitrogen and oxygen atoms in total. The monoisotopic (exact) mass is 358 g/mol. The van der Waals surface area contributed by atoms with Gasteiger partial charge in [-0.1, -0.05) is 81.7 Å². The molecule has 0 radical (unpaired) electrons. The molecular weight excluding hydrogens is 357 g/mol. The first-order chi connectivity index (χ1) is 8.43. The van der Waals surface area contributed by atoms with Crippen LogP contribution in [0.4, 0.5) is 0 Å². The Labute approximate surface area is 134 Å². The second-order valence-electron chi connectivity index (χ2n) is 3.45. The van der Waals surface area contributed by atoms with Crippen molar-refractivity contribution in [2.75, 3.05) is 0 Å². The molecule has 0 aliphatic heterocycles. The van der Waals surface area contributed by atoms with Crippen molar-refractivity contribution >= 4 is 69.6 Å². The van der Waals surface area contributed by atoms with Gasteiger partial charge < -0.3 is 0 Å². The van der Waals surface area contributed by atoms with E-state index in [2.05, 4.69) is 0 Å². The SMILES string of the molecule is Clc1ccc(-c2c(Cl)c(Cl)c(Cl)c(Cl)c2Cl)cc1. The predicted octanol–water partition coefficient (Wildman–Crippen LogP) is 7.27. The van der Waals surface area contributed by atoms with Crippen LogP contribution in [0, 0.1) is 0 Å². The molecule has 0 saturated heterocycles. The van der Waals surface area contributed by atoms with E-state index in [9.17, 15) is 0 Å². The summed E-state index contributed by atoms with van der Waals surface area (Å²) in [6, 6.07) is 6.99. The molecule has 2 aromatic rings. The van der Waals surface area contributed by atoms with Crippen LogP contribution in [0.1, 0.15) is 0 Å². The fourth-order valence-corrected chi connectivity index (χ4v) is 2.96. The van der Waals surface area contributed by atoms with Gasteiger partial charge in [0.25, 0.3) is 0 Å². The number of hydrogen-bond acceptors (Lipinski definition) is 0. The molecule has 0 aromatic heterocycles. The van der Waals surface area contributed by atoms with Crippen molar-refractivity contribution in [2.45, 2.75) is 0 Å². The summed E-state index contributed by atoms with van der Waals surface area (Å²) in [4.78, 5) is 0. The Balaban J connectivity index is 2.75. The van der Waals surface area contributed by atoms with E-state index < -0.39 is 0 Å². The minimum atomic E-state index is 0.144. The van der Waals surface area contributed by atoms with Crippen molar-refractivity contribution in [1.29, 1.82) is 0 Å². The van der Waals surface area contributed by atoms with Crippen molar-refractivity contribution in [3.63, 3.8) is 0 Å². The van der Waals surface area contributed by atoms with Crippen molar-refractivity contribution < 1.29 is 0 Å². The smallest absolute Gasteiger partial charge is 0.0809 e. The van der Waals surface area contributed by atoms with Gasteiger partial charge in [-0.3, -0.25) is 0 Å². The summed E-state index contributed by atoms with van der Waals surface area (Å²) in [5.74, 6) is 0. The molecule has 0 amide bonds. The molecule has 0 heterocycles. The first kappa shape index (κ1) is 14.6. The maximum absolute atomic E-state index is 6.16. The molecule has 0 fully saturated rings. The van der Waals surface area contributed by atoms with Crippen LogP contribution >= 0.6 is 69.6 Å². The number of halogens is 6. The lowest BCUT2D eigenvalue weighted by atomic mass is 10.1. The van der Waals surface area contributed by atoms with Gasteiger partial charge in [-0.25, -0.2) is 0 Å². The zero-order chi connectivity index (χ0) is 13.4. The molecule has 0 aliphatic carbocycles. The average molecular weight is 361 g/mol. The van der Waals surface area contributed by atoms with Gasteiger partial charge in [-0.2, -0.15) is 0 Å². The molecule has 0 saturated carbocycles. The number of hydrogen-bond donors (Lipinski definition) is 0. The summed E-state index contributed by atoms with van der Waals surface area (Å²) in [7, 11) is 0. The van der Waals surface area contributed by atoms with E-state index in [0.29, 0.717) is 10.6 Å².